The van der Waals surface area contributed by atoms with Gasteiger partial charge in [0.15, 0.2) is 0 Å². The summed E-state index contributed by atoms with van der Waals surface area (Å²) in [6.45, 7) is 1.24. The van der Waals surface area contributed by atoms with Crippen LogP contribution in [-0.2, 0) is 22.6 Å². The lowest BCUT2D eigenvalue weighted by atomic mass is 10.0. The molecule has 2 amide bonds. The van der Waals surface area contributed by atoms with Gasteiger partial charge in [0.2, 0.25) is 5.91 Å². The van der Waals surface area contributed by atoms with E-state index in [-0.39, 0.29) is 11.8 Å². The average Bonchev–Trinajstić information content (AvgIpc) is 3.51. The van der Waals surface area contributed by atoms with E-state index in [4.69, 9.17) is 5.21 Å². The van der Waals surface area contributed by atoms with Gasteiger partial charge in [0.1, 0.15) is 0 Å². The van der Waals surface area contributed by atoms with Crippen LogP contribution in [0.3, 0.4) is 0 Å². The van der Waals surface area contributed by atoms with Gasteiger partial charge in [-0.3, -0.25) is 14.8 Å². The minimum Gasteiger partial charge on any atom is -0.361 e. The minimum atomic E-state index is -0.570. The number of para-hydroxylation sites is 1. The maximum absolute atomic E-state index is 13.3. The molecular weight excluding hydrogens is 402 g/mol. The van der Waals surface area contributed by atoms with Crippen molar-refractivity contribution in [2.45, 2.75) is 38.6 Å². The highest BCUT2D eigenvalue weighted by Gasteiger charge is 2.27. The summed E-state index contributed by atoms with van der Waals surface area (Å²) < 4.78 is 0. The van der Waals surface area contributed by atoms with Crippen molar-refractivity contribution in [3.63, 3.8) is 0 Å². The topological polar surface area (TPSA) is 85.4 Å². The highest BCUT2D eigenvalue weighted by Crippen LogP contribution is 2.28. The number of H-pyrrole nitrogens is 1. The molecule has 0 saturated heterocycles. The molecule has 1 aliphatic rings. The molecular formula is C26H29N3O3. The first kappa shape index (κ1) is 21.8. The fourth-order valence-electron chi connectivity index (χ4n) is 4.46. The molecule has 0 spiro atoms. The third-order valence-corrected chi connectivity index (χ3v) is 6.23. The molecule has 4 rings (SSSR count). The van der Waals surface area contributed by atoms with Gasteiger partial charge in [0, 0.05) is 42.2 Å². The Morgan fingerprint density at radius 1 is 1.09 bits per heavy atom. The van der Waals surface area contributed by atoms with E-state index in [1.54, 1.807) is 11.6 Å². The lowest BCUT2D eigenvalue weighted by Crippen LogP contribution is -2.36. The number of carbonyl (C=O) groups excluding carboxylic acids is 2. The molecule has 0 unspecified atom stereocenters. The van der Waals surface area contributed by atoms with E-state index in [1.165, 1.54) is 17.0 Å². The molecule has 6 nitrogen and oxygen atoms in total. The number of hydroxylamine groups is 1. The second kappa shape index (κ2) is 10.3. The molecule has 0 bridgehead atoms. The third-order valence-electron chi connectivity index (χ3n) is 6.23. The van der Waals surface area contributed by atoms with Crippen LogP contribution >= 0.6 is 0 Å². The molecule has 0 atom stereocenters. The van der Waals surface area contributed by atoms with Crippen molar-refractivity contribution in [3.05, 3.63) is 77.5 Å². The number of amides is 2. The van der Waals surface area contributed by atoms with Gasteiger partial charge in [-0.1, -0.05) is 55.3 Å². The number of carbonyl (C=O) groups is 2. The molecule has 0 radical (unpaired) electrons. The Bertz CT molecular complexity index is 1090. The summed E-state index contributed by atoms with van der Waals surface area (Å²) in [6, 6.07) is 16.0. The molecule has 32 heavy (non-hydrogen) atoms. The lowest BCUT2D eigenvalue weighted by Gasteiger charge is -2.26. The standard InChI is InChI=1S/C26H29N3O3/c30-25(28-32)14-13-19-9-11-20(12-10-19)18-29(26(31)21-5-1-2-6-21)16-15-22-17-27-24-8-4-3-7-23(22)24/h3-4,7-14,17,21,27,32H,1-2,5-6,15-16,18H2,(H,28,30)/b14-13+. The van der Waals surface area contributed by atoms with Gasteiger partial charge in [-0.15, -0.1) is 0 Å². The first-order valence-corrected chi connectivity index (χ1v) is 11.2. The van der Waals surface area contributed by atoms with Crippen LogP contribution < -0.4 is 5.48 Å². The Balaban J connectivity index is 1.47. The molecule has 1 aromatic heterocycles. The van der Waals surface area contributed by atoms with Gasteiger partial charge in [-0.25, -0.2) is 5.48 Å². The Hall–Kier alpha value is -3.38. The Morgan fingerprint density at radius 2 is 1.84 bits per heavy atom. The van der Waals surface area contributed by atoms with Gasteiger partial charge >= 0.3 is 0 Å². The van der Waals surface area contributed by atoms with Crippen molar-refractivity contribution < 1.29 is 14.8 Å². The normalized spacial score (nSPS) is 14.3. The average molecular weight is 432 g/mol. The number of nitrogens with zero attached hydrogens (tertiary/aromatic N) is 1. The SMILES string of the molecule is O=C(/C=C/c1ccc(CN(CCc2c[nH]c3ccccc23)C(=O)C2CCCC2)cc1)NO. The van der Waals surface area contributed by atoms with E-state index in [2.05, 4.69) is 17.1 Å². The fraction of sp³-hybridized carbons (Fsp3) is 0.308. The van der Waals surface area contributed by atoms with E-state index in [9.17, 15) is 9.59 Å². The van der Waals surface area contributed by atoms with Crippen LogP contribution in [-0.4, -0.2) is 33.5 Å². The number of nitrogens with one attached hydrogen (secondary N) is 2. The summed E-state index contributed by atoms with van der Waals surface area (Å²) in [6.07, 6.45) is 9.99. The van der Waals surface area contributed by atoms with E-state index < -0.39 is 5.91 Å². The van der Waals surface area contributed by atoms with Gasteiger partial charge in [0.25, 0.3) is 5.91 Å². The fourth-order valence-corrected chi connectivity index (χ4v) is 4.46. The van der Waals surface area contributed by atoms with Crippen LogP contribution in [0.15, 0.2) is 60.8 Å². The number of aromatic amines is 1. The molecule has 3 N–H and O–H groups in total. The quantitative estimate of drug-likeness (QED) is 0.280. The van der Waals surface area contributed by atoms with Gasteiger partial charge < -0.3 is 9.88 Å². The Morgan fingerprint density at radius 3 is 2.59 bits per heavy atom. The summed E-state index contributed by atoms with van der Waals surface area (Å²) in [5, 5.41) is 9.80. The van der Waals surface area contributed by atoms with Crippen LogP contribution in [0.2, 0.25) is 0 Å². The summed E-state index contributed by atoms with van der Waals surface area (Å²) in [7, 11) is 0. The second-order valence-electron chi connectivity index (χ2n) is 8.40. The Kier molecular flexibility index (Phi) is 7.02. The Labute approximate surface area is 187 Å². The number of rotatable bonds is 8. The van der Waals surface area contributed by atoms with E-state index in [0.29, 0.717) is 13.1 Å². The summed E-state index contributed by atoms with van der Waals surface area (Å²) >= 11 is 0. The van der Waals surface area contributed by atoms with Crippen LogP contribution in [0, 0.1) is 5.92 Å². The highest BCUT2D eigenvalue weighted by atomic mass is 16.5. The molecule has 1 fully saturated rings. The molecule has 0 aliphatic heterocycles. The zero-order valence-corrected chi connectivity index (χ0v) is 18.1. The summed E-state index contributed by atoms with van der Waals surface area (Å²) in [4.78, 5) is 29.8. The predicted octanol–water partition coefficient (Wildman–Crippen LogP) is 4.45. The number of hydrogen-bond acceptors (Lipinski definition) is 3. The lowest BCUT2D eigenvalue weighted by molar-refractivity contribution is -0.136. The largest absolute Gasteiger partial charge is 0.361 e. The van der Waals surface area contributed by atoms with Crippen molar-refractivity contribution in [1.29, 1.82) is 0 Å². The molecule has 2 aromatic carbocycles. The van der Waals surface area contributed by atoms with Crippen molar-refractivity contribution >= 4 is 28.8 Å². The smallest absolute Gasteiger partial charge is 0.267 e. The first-order chi connectivity index (χ1) is 15.6. The van der Waals surface area contributed by atoms with E-state index >= 15 is 0 Å². The van der Waals surface area contributed by atoms with Crippen molar-refractivity contribution in [1.82, 2.24) is 15.4 Å². The highest BCUT2D eigenvalue weighted by molar-refractivity contribution is 5.90. The monoisotopic (exact) mass is 431 g/mol. The maximum atomic E-state index is 13.3. The number of hydrogen-bond donors (Lipinski definition) is 3. The second-order valence-corrected chi connectivity index (χ2v) is 8.40. The van der Waals surface area contributed by atoms with E-state index in [0.717, 1.165) is 48.7 Å². The first-order valence-electron chi connectivity index (χ1n) is 11.2. The molecule has 166 valence electrons. The number of fused-ring (bicyclic) bond motifs is 1. The minimum absolute atomic E-state index is 0.136. The maximum Gasteiger partial charge on any atom is 0.267 e. The summed E-state index contributed by atoms with van der Waals surface area (Å²) in [5.41, 5.74) is 5.83. The van der Waals surface area contributed by atoms with Gasteiger partial charge in [-0.05, 0) is 48.1 Å². The van der Waals surface area contributed by atoms with Crippen LogP contribution in [0.5, 0.6) is 0 Å². The number of aromatic nitrogens is 1. The molecule has 3 aromatic rings. The third kappa shape index (κ3) is 5.26. The zero-order valence-electron chi connectivity index (χ0n) is 18.1. The van der Waals surface area contributed by atoms with Crippen LogP contribution in [0.1, 0.15) is 42.4 Å². The van der Waals surface area contributed by atoms with E-state index in [1.807, 2.05) is 47.5 Å². The zero-order chi connectivity index (χ0) is 22.3. The van der Waals surface area contributed by atoms with Crippen molar-refractivity contribution in [2.75, 3.05) is 6.54 Å². The summed E-state index contributed by atoms with van der Waals surface area (Å²) in [5.74, 6) is -0.178. The predicted molar refractivity (Wildman–Crippen MR) is 125 cm³/mol. The van der Waals surface area contributed by atoms with Gasteiger partial charge in [-0.2, -0.15) is 0 Å². The van der Waals surface area contributed by atoms with Crippen molar-refractivity contribution in [2.24, 2.45) is 5.92 Å². The molecule has 1 saturated carbocycles. The molecule has 1 aliphatic carbocycles. The molecule has 6 heteroatoms. The molecule has 1 heterocycles. The van der Waals surface area contributed by atoms with Crippen molar-refractivity contribution in [3.8, 4) is 0 Å². The van der Waals surface area contributed by atoms with Crippen LogP contribution in [0.4, 0.5) is 0 Å². The van der Waals surface area contributed by atoms with Crippen LogP contribution in [0.25, 0.3) is 17.0 Å². The van der Waals surface area contributed by atoms with Gasteiger partial charge in [0.05, 0.1) is 0 Å². The number of benzene rings is 2.